The number of nitrogens with one attached hydrogen (secondary N) is 1. The lowest BCUT2D eigenvalue weighted by molar-refractivity contribution is -0.379. The number of unbranched alkanes of at least 4 members (excludes halogenated alkanes) is 34. The van der Waals surface area contributed by atoms with E-state index < -0.39 is 124 Å². The van der Waals surface area contributed by atoms with Gasteiger partial charge in [-0.1, -0.05) is 244 Å². The molecule has 1 amide bonds. The second-order valence-electron chi connectivity index (χ2n) is 24.6. The van der Waals surface area contributed by atoms with Gasteiger partial charge in [0.15, 0.2) is 18.9 Å². The molecule has 0 saturated carbocycles. The van der Waals surface area contributed by atoms with E-state index in [2.05, 4.69) is 31.3 Å². The average molecular weight is 1220 g/mol. The molecule has 3 aliphatic heterocycles. The Hall–Kier alpha value is -1.73. The van der Waals surface area contributed by atoms with Crippen LogP contribution in [0.3, 0.4) is 0 Å². The van der Waals surface area contributed by atoms with Crippen molar-refractivity contribution in [3.63, 3.8) is 0 Å². The Morgan fingerprint density at radius 1 is 0.412 bits per heavy atom. The number of amides is 1. The van der Waals surface area contributed by atoms with Crippen molar-refractivity contribution in [3.05, 3.63) is 24.3 Å². The Balaban J connectivity index is 1.44. The van der Waals surface area contributed by atoms with Crippen LogP contribution in [0.5, 0.6) is 0 Å². The smallest absolute Gasteiger partial charge is 0.220 e. The zero-order chi connectivity index (χ0) is 61.9. The summed E-state index contributed by atoms with van der Waals surface area (Å²) in [5.41, 5.74) is 0. The molecule has 0 spiro atoms. The number of hydrogen-bond acceptors (Lipinski definition) is 18. The molecule has 17 atom stereocenters. The van der Waals surface area contributed by atoms with Crippen molar-refractivity contribution in [1.29, 1.82) is 0 Å². The summed E-state index contributed by atoms with van der Waals surface area (Å²) in [4.78, 5) is 13.3. The molecule has 0 bridgehead atoms. The second kappa shape index (κ2) is 49.0. The molecule has 3 fully saturated rings. The van der Waals surface area contributed by atoms with E-state index in [9.17, 15) is 61.0 Å². The number of allylic oxidation sites excluding steroid dienone is 3. The number of aliphatic hydroxyl groups is 11. The number of rotatable bonds is 52. The van der Waals surface area contributed by atoms with E-state index in [0.717, 1.165) is 38.5 Å². The monoisotopic (exact) mass is 1220 g/mol. The van der Waals surface area contributed by atoms with E-state index in [1.54, 1.807) is 6.08 Å². The lowest BCUT2D eigenvalue weighted by atomic mass is 9.96. The first-order valence-corrected chi connectivity index (χ1v) is 34.1. The first-order chi connectivity index (χ1) is 41.3. The van der Waals surface area contributed by atoms with Crippen LogP contribution in [-0.4, -0.2) is 193 Å². The maximum atomic E-state index is 13.3. The van der Waals surface area contributed by atoms with Gasteiger partial charge in [0.25, 0.3) is 0 Å². The minimum atomic E-state index is -1.98. The molecule has 0 aromatic heterocycles. The van der Waals surface area contributed by atoms with Crippen LogP contribution in [-0.2, 0) is 33.2 Å². The summed E-state index contributed by atoms with van der Waals surface area (Å²) in [7, 11) is 0. The van der Waals surface area contributed by atoms with Crippen LogP contribution >= 0.6 is 0 Å². The predicted octanol–water partition coefficient (Wildman–Crippen LogP) is 8.27. The van der Waals surface area contributed by atoms with Gasteiger partial charge in [0, 0.05) is 6.42 Å². The molecule has 0 radical (unpaired) electrons. The van der Waals surface area contributed by atoms with Crippen molar-refractivity contribution in [1.82, 2.24) is 5.32 Å². The maximum absolute atomic E-state index is 13.3. The van der Waals surface area contributed by atoms with Crippen LogP contribution in [0.1, 0.15) is 258 Å². The highest BCUT2D eigenvalue weighted by Crippen LogP contribution is 2.33. The SMILES string of the molecule is CCCCCCCCCCCCCCCCCCCCCC/C=C/CC/C=C/C(O)C(COC1OC(CO)C(OC2OC(CO)C(OC3OC(CO)C(O)C(O)C3O)C(O)C2O)C(O)C1O)NC(=O)CCCCCCCCCCCCCCCC. The summed E-state index contributed by atoms with van der Waals surface area (Å²) in [5, 5.41) is 120. The van der Waals surface area contributed by atoms with Crippen LogP contribution in [0.4, 0.5) is 0 Å². The van der Waals surface area contributed by atoms with E-state index >= 15 is 0 Å². The number of carbonyl (C=O) groups excluding carboxylic acids is 1. The van der Waals surface area contributed by atoms with E-state index in [4.69, 9.17) is 28.4 Å². The van der Waals surface area contributed by atoms with Gasteiger partial charge in [0.05, 0.1) is 38.6 Å². The number of aliphatic hydroxyl groups excluding tert-OH is 11. The van der Waals surface area contributed by atoms with Gasteiger partial charge in [-0.3, -0.25) is 4.79 Å². The van der Waals surface area contributed by atoms with Crippen LogP contribution in [0.25, 0.3) is 0 Å². The van der Waals surface area contributed by atoms with Gasteiger partial charge in [-0.2, -0.15) is 0 Å². The lowest BCUT2D eigenvalue weighted by Crippen LogP contribution is -2.66. The van der Waals surface area contributed by atoms with Gasteiger partial charge < -0.3 is 89.9 Å². The first-order valence-electron chi connectivity index (χ1n) is 34.1. The van der Waals surface area contributed by atoms with Gasteiger partial charge in [0.1, 0.15) is 73.2 Å². The summed E-state index contributed by atoms with van der Waals surface area (Å²) in [6.45, 7) is 1.73. The Bertz CT molecular complexity index is 1640. The Morgan fingerprint density at radius 2 is 0.753 bits per heavy atom. The molecular weight excluding hydrogens is 1090 g/mol. The third kappa shape index (κ3) is 31.7. The molecular formula is C66H123NO18. The molecule has 19 nitrogen and oxygen atoms in total. The van der Waals surface area contributed by atoms with Gasteiger partial charge in [-0.25, -0.2) is 0 Å². The van der Waals surface area contributed by atoms with Gasteiger partial charge in [0.2, 0.25) is 5.91 Å². The molecule has 3 saturated heterocycles. The van der Waals surface area contributed by atoms with E-state index in [-0.39, 0.29) is 18.9 Å². The van der Waals surface area contributed by atoms with Crippen LogP contribution in [0, 0.1) is 0 Å². The molecule has 3 rings (SSSR count). The largest absolute Gasteiger partial charge is 0.394 e. The van der Waals surface area contributed by atoms with Gasteiger partial charge in [-0.05, 0) is 32.1 Å². The van der Waals surface area contributed by atoms with Crippen LogP contribution in [0.2, 0.25) is 0 Å². The number of hydrogen-bond donors (Lipinski definition) is 12. The van der Waals surface area contributed by atoms with Crippen molar-refractivity contribution in [2.24, 2.45) is 0 Å². The summed E-state index contributed by atoms with van der Waals surface area (Å²) < 4.78 is 34.3. The number of carbonyl (C=O) groups is 1. The highest BCUT2D eigenvalue weighted by molar-refractivity contribution is 5.76. The molecule has 0 aromatic carbocycles. The lowest BCUT2D eigenvalue weighted by Gasteiger charge is -2.48. The zero-order valence-electron chi connectivity index (χ0n) is 52.6. The fourth-order valence-corrected chi connectivity index (χ4v) is 11.7. The van der Waals surface area contributed by atoms with Crippen LogP contribution < -0.4 is 5.32 Å². The molecule has 19 heteroatoms. The minimum absolute atomic E-state index is 0.240. The Kier molecular flexibility index (Phi) is 44.7. The van der Waals surface area contributed by atoms with E-state index in [1.165, 1.54) is 186 Å². The first kappa shape index (κ1) is 77.5. The summed E-state index contributed by atoms with van der Waals surface area (Å²) in [5.74, 6) is -0.282. The molecule has 0 aliphatic carbocycles. The molecule has 85 heavy (non-hydrogen) atoms. The standard InChI is InChI=1S/C66H123NO18/c1-3-5-7-9-11-13-15-17-19-20-21-22-23-24-25-26-27-28-29-30-31-33-35-37-39-41-43-50(71)49(67-54(72)44-42-40-38-36-34-32-18-16-14-12-10-8-6-4-2)48-80-64-60(78)57(75)62(52(46-69)82-64)85-66-61(79)58(76)63(53(47-70)83-66)84-65-59(77)56(74)55(73)51(45-68)81-65/h33,35,41,43,49-53,55-66,68-71,73-79H,3-32,34,36-40,42,44-48H2,1-2H3,(H,67,72)/b35-33+,43-41+. The quantitative estimate of drug-likeness (QED) is 0.0201. The van der Waals surface area contributed by atoms with Crippen molar-refractivity contribution < 1.29 is 89.4 Å². The maximum Gasteiger partial charge on any atom is 0.220 e. The molecule has 12 N–H and O–H groups in total. The third-order valence-corrected chi connectivity index (χ3v) is 17.3. The molecule has 3 aliphatic rings. The number of ether oxygens (including phenoxy) is 6. The van der Waals surface area contributed by atoms with Crippen molar-refractivity contribution in [2.45, 2.75) is 362 Å². The summed E-state index contributed by atoms with van der Waals surface area (Å²) >= 11 is 0. The molecule has 3 heterocycles. The highest BCUT2D eigenvalue weighted by Gasteiger charge is 2.53. The van der Waals surface area contributed by atoms with Crippen molar-refractivity contribution in [2.75, 3.05) is 26.4 Å². The fraction of sp³-hybridized carbons (Fsp3) is 0.924. The zero-order valence-corrected chi connectivity index (χ0v) is 52.6. The van der Waals surface area contributed by atoms with E-state index in [1.807, 2.05) is 6.08 Å². The average Bonchev–Trinajstić information content (AvgIpc) is 3.45. The van der Waals surface area contributed by atoms with Crippen molar-refractivity contribution >= 4 is 5.91 Å². The van der Waals surface area contributed by atoms with E-state index in [0.29, 0.717) is 12.8 Å². The third-order valence-electron chi connectivity index (χ3n) is 17.3. The molecule has 17 unspecified atom stereocenters. The Morgan fingerprint density at radius 3 is 1.18 bits per heavy atom. The predicted molar refractivity (Wildman–Crippen MR) is 328 cm³/mol. The molecule has 0 aromatic rings. The Labute approximate surface area is 511 Å². The minimum Gasteiger partial charge on any atom is -0.394 e. The molecule has 500 valence electrons. The normalized spacial score (nSPS) is 29.1. The highest BCUT2D eigenvalue weighted by atomic mass is 16.8. The summed E-state index contributed by atoms with van der Waals surface area (Å²) in [6.07, 6.45) is 27.4. The second-order valence-corrected chi connectivity index (χ2v) is 24.6. The fourth-order valence-electron chi connectivity index (χ4n) is 11.7. The van der Waals surface area contributed by atoms with Gasteiger partial charge >= 0.3 is 0 Å². The van der Waals surface area contributed by atoms with Crippen LogP contribution in [0.15, 0.2) is 24.3 Å². The van der Waals surface area contributed by atoms with Crippen molar-refractivity contribution in [3.8, 4) is 0 Å². The van der Waals surface area contributed by atoms with Gasteiger partial charge in [-0.15, -0.1) is 0 Å². The summed E-state index contributed by atoms with van der Waals surface area (Å²) in [6, 6.07) is -0.986. The topological polar surface area (TPSA) is 307 Å².